The van der Waals surface area contributed by atoms with Crippen molar-refractivity contribution < 1.29 is 0 Å². The monoisotopic (exact) mass is 241 g/mol. The van der Waals surface area contributed by atoms with Gasteiger partial charge in [-0.3, -0.25) is 0 Å². The highest BCUT2D eigenvalue weighted by molar-refractivity contribution is 4.80. The number of rotatable bonds is 11. The SMILES string of the molecule is CCCCC(CC)(CCCC(C)C)CNCC. The summed E-state index contributed by atoms with van der Waals surface area (Å²) < 4.78 is 0. The third-order valence-corrected chi connectivity index (χ3v) is 4.05. The summed E-state index contributed by atoms with van der Waals surface area (Å²) in [6, 6.07) is 0. The first-order chi connectivity index (χ1) is 8.10. The molecule has 0 rings (SSSR count). The molecule has 0 aliphatic carbocycles. The van der Waals surface area contributed by atoms with Crippen molar-refractivity contribution >= 4 is 0 Å². The van der Waals surface area contributed by atoms with Gasteiger partial charge in [0, 0.05) is 6.54 Å². The Kier molecular flexibility index (Phi) is 9.91. The molecule has 0 aliphatic heterocycles. The highest BCUT2D eigenvalue weighted by Gasteiger charge is 2.26. The zero-order valence-electron chi connectivity index (χ0n) is 12.9. The minimum atomic E-state index is 0.570. The molecule has 0 aromatic carbocycles. The predicted molar refractivity (Wildman–Crippen MR) is 79.5 cm³/mol. The van der Waals surface area contributed by atoms with Crippen LogP contribution >= 0.6 is 0 Å². The Bertz CT molecular complexity index is 155. The zero-order valence-corrected chi connectivity index (χ0v) is 12.9. The van der Waals surface area contributed by atoms with Gasteiger partial charge in [0.05, 0.1) is 0 Å². The van der Waals surface area contributed by atoms with Crippen molar-refractivity contribution in [1.82, 2.24) is 5.32 Å². The Labute approximate surface area is 110 Å². The second-order valence-corrected chi connectivity index (χ2v) is 6.02. The largest absolute Gasteiger partial charge is 0.316 e. The van der Waals surface area contributed by atoms with Crippen LogP contribution in [0.25, 0.3) is 0 Å². The molecule has 0 aromatic rings. The summed E-state index contributed by atoms with van der Waals surface area (Å²) >= 11 is 0. The standard InChI is InChI=1S/C16H35N/c1-6-9-12-16(7-2,14-17-8-3)13-10-11-15(4)5/h15,17H,6-14H2,1-5H3. The van der Waals surface area contributed by atoms with Crippen molar-refractivity contribution in [3.63, 3.8) is 0 Å². The van der Waals surface area contributed by atoms with Gasteiger partial charge in [-0.15, -0.1) is 0 Å². The fourth-order valence-corrected chi connectivity index (χ4v) is 2.61. The summed E-state index contributed by atoms with van der Waals surface area (Å²) in [5.74, 6) is 0.856. The smallest absolute Gasteiger partial charge is 0.000759 e. The van der Waals surface area contributed by atoms with Crippen LogP contribution < -0.4 is 5.32 Å². The summed E-state index contributed by atoms with van der Waals surface area (Å²) in [6.45, 7) is 13.9. The van der Waals surface area contributed by atoms with E-state index in [0.29, 0.717) is 5.41 Å². The van der Waals surface area contributed by atoms with Crippen LogP contribution in [0.3, 0.4) is 0 Å². The Morgan fingerprint density at radius 2 is 1.65 bits per heavy atom. The fraction of sp³-hybridized carbons (Fsp3) is 1.00. The third-order valence-electron chi connectivity index (χ3n) is 4.05. The van der Waals surface area contributed by atoms with Crippen LogP contribution in [-0.2, 0) is 0 Å². The molecule has 0 bridgehead atoms. The molecule has 0 saturated heterocycles. The lowest BCUT2D eigenvalue weighted by atomic mass is 9.75. The van der Waals surface area contributed by atoms with Gasteiger partial charge < -0.3 is 5.32 Å². The molecule has 1 nitrogen and oxygen atoms in total. The number of unbranched alkanes of at least 4 members (excludes halogenated alkanes) is 1. The molecule has 17 heavy (non-hydrogen) atoms. The first kappa shape index (κ1) is 17.0. The van der Waals surface area contributed by atoms with E-state index < -0.39 is 0 Å². The summed E-state index contributed by atoms with van der Waals surface area (Å²) in [5.41, 5.74) is 0.570. The molecule has 0 saturated carbocycles. The van der Waals surface area contributed by atoms with Crippen molar-refractivity contribution in [2.45, 2.75) is 79.6 Å². The van der Waals surface area contributed by atoms with E-state index in [1.807, 2.05) is 0 Å². The average molecular weight is 241 g/mol. The Balaban J connectivity index is 4.22. The minimum absolute atomic E-state index is 0.570. The summed E-state index contributed by atoms with van der Waals surface area (Å²) in [4.78, 5) is 0. The maximum absolute atomic E-state index is 3.59. The van der Waals surface area contributed by atoms with E-state index in [1.54, 1.807) is 0 Å². The van der Waals surface area contributed by atoms with Crippen LogP contribution in [0.2, 0.25) is 0 Å². The summed E-state index contributed by atoms with van der Waals surface area (Å²) in [5, 5.41) is 3.59. The molecular formula is C16H35N. The van der Waals surface area contributed by atoms with Gasteiger partial charge >= 0.3 is 0 Å². The number of hydrogen-bond donors (Lipinski definition) is 1. The molecule has 1 N–H and O–H groups in total. The second kappa shape index (κ2) is 9.94. The normalized spacial score (nSPS) is 15.2. The van der Waals surface area contributed by atoms with Crippen molar-refractivity contribution in [2.24, 2.45) is 11.3 Å². The molecule has 0 spiro atoms. The lowest BCUT2D eigenvalue weighted by molar-refractivity contribution is 0.203. The van der Waals surface area contributed by atoms with E-state index in [-0.39, 0.29) is 0 Å². The van der Waals surface area contributed by atoms with E-state index in [1.165, 1.54) is 51.5 Å². The fourth-order valence-electron chi connectivity index (χ4n) is 2.61. The molecule has 0 aromatic heterocycles. The van der Waals surface area contributed by atoms with Crippen LogP contribution in [0.5, 0.6) is 0 Å². The van der Waals surface area contributed by atoms with Crippen LogP contribution in [0, 0.1) is 11.3 Å². The lowest BCUT2D eigenvalue weighted by Crippen LogP contribution is -2.34. The van der Waals surface area contributed by atoms with Crippen LogP contribution in [-0.4, -0.2) is 13.1 Å². The molecule has 0 aliphatic rings. The Morgan fingerprint density at radius 1 is 1.00 bits per heavy atom. The predicted octanol–water partition coefficient (Wildman–Crippen LogP) is 5.01. The maximum atomic E-state index is 3.59. The molecule has 0 amide bonds. The van der Waals surface area contributed by atoms with Gasteiger partial charge in [-0.2, -0.15) is 0 Å². The van der Waals surface area contributed by atoms with E-state index in [4.69, 9.17) is 0 Å². The topological polar surface area (TPSA) is 12.0 Å². The molecule has 104 valence electrons. The Hall–Kier alpha value is -0.0400. The molecule has 1 unspecified atom stereocenters. The maximum Gasteiger partial charge on any atom is 0.000759 e. The van der Waals surface area contributed by atoms with Crippen molar-refractivity contribution in [3.05, 3.63) is 0 Å². The summed E-state index contributed by atoms with van der Waals surface area (Å²) in [6.07, 6.45) is 9.66. The van der Waals surface area contributed by atoms with Gasteiger partial charge in [0.15, 0.2) is 0 Å². The van der Waals surface area contributed by atoms with Crippen molar-refractivity contribution in [1.29, 1.82) is 0 Å². The third kappa shape index (κ3) is 7.81. The zero-order chi connectivity index (χ0) is 13.1. The molecular weight excluding hydrogens is 206 g/mol. The molecule has 0 fully saturated rings. The van der Waals surface area contributed by atoms with Crippen LogP contribution in [0.4, 0.5) is 0 Å². The Morgan fingerprint density at radius 3 is 2.12 bits per heavy atom. The quantitative estimate of drug-likeness (QED) is 0.536. The number of nitrogens with one attached hydrogen (secondary N) is 1. The van der Waals surface area contributed by atoms with Gasteiger partial charge in [0.1, 0.15) is 0 Å². The molecule has 0 radical (unpaired) electrons. The molecule has 1 heteroatoms. The van der Waals surface area contributed by atoms with Gasteiger partial charge in [-0.25, -0.2) is 0 Å². The van der Waals surface area contributed by atoms with Crippen molar-refractivity contribution in [3.8, 4) is 0 Å². The lowest BCUT2D eigenvalue weighted by Gasteiger charge is -2.33. The van der Waals surface area contributed by atoms with Gasteiger partial charge in [0.2, 0.25) is 0 Å². The number of hydrogen-bond acceptors (Lipinski definition) is 1. The highest BCUT2D eigenvalue weighted by Crippen LogP contribution is 2.34. The highest BCUT2D eigenvalue weighted by atomic mass is 14.9. The van der Waals surface area contributed by atoms with Crippen LogP contribution in [0.15, 0.2) is 0 Å². The van der Waals surface area contributed by atoms with Gasteiger partial charge in [-0.05, 0) is 37.1 Å². The van der Waals surface area contributed by atoms with E-state index >= 15 is 0 Å². The molecule has 0 heterocycles. The van der Waals surface area contributed by atoms with Crippen LogP contribution in [0.1, 0.15) is 79.6 Å². The van der Waals surface area contributed by atoms with Gasteiger partial charge in [0.25, 0.3) is 0 Å². The second-order valence-electron chi connectivity index (χ2n) is 6.02. The van der Waals surface area contributed by atoms with E-state index in [2.05, 4.69) is 39.9 Å². The van der Waals surface area contributed by atoms with Gasteiger partial charge in [-0.1, -0.05) is 60.3 Å². The first-order valence-corrected chi connectivity index (χ1v) is 7.81. The molecule has 1 atom stereocenters. The van der Waals surface area contributed by atoms with E-state index in [9.17, 15) is 0 Å². The van der Waals surface area contributed by atoms with Crippen molar-refractivity contribution in [2.75, 3.05) is 13.1 Å². The minimum Gasteiger partial charge on any atom is -0.316 e. The average Bonchev–Trinajstić information content (AvgIpc) is 2.32. The van der Waals surface area contributed by atoms with E-state index in [0.717, 1.165) is 12.5 Å². The first-order valence-electron chi connectivity index (χ1n) is 7.81. The summed E-state index contributed by atoms with van der Waals surface area (Å²) in [7, 11) is 0.